The number of ether oxygens (including phenoxy) is 5. The Balaban J connectivity index is 1.68. The number of hydrogen-bond donors (Lipinski definition) is 0. The third-order valence-corrected chi connectivity index (χ3v) is 10.6. The summed E-state index contributed by atoms with van der Waals surface area (Å²) < 4.78 is 41.8. The predicted molar refractivity (Wildman–Crippen MR) is 180 cm³/mol. The van der Waals surface area contributed by atoms with E-state index in [1.807, 2.05) is 26.0 Å². The summed E-state index contributed by atoms with van der Waals surface area (Å²) in [6, 6.07) is 3.62. The van der Waals surface area contributed by atoms with E-state index >= 15 is 0 Å². The van der Waals surface area contributed by atoms with Crippen LogP contribution in [-0.4, -0.2) is 72.7 Å². The van der Waals surface area contributed by atoms with Crippen molar-refractivity contribution in [3.8, 4) is 5.75 Å². The van der Waals surface area contributed by atoms with Crippen LogP contribution in [0.2, 0.25) is 0 Å². The van der Waals surface area contributed by atoms with Gasteiger partial charge in [-0.3, -0.25) is 0 Å². The minimum atomic E-state index is -0.942. The van der Waals surface area contributed by atoms with Crippen molar-refractivity contribution >= 4 is 42.6 Å². The molecule has 0 unspecified atom stereocenters. The van der Waals surface area contributed by atoms with E-state index in [2.05, 4.69) is 20.8 Å². The lowest BCUT2D eigenvalue weighted by molar-refractivity contribution is -0.199. The van der Waals surface area contributed by atoms with Crippen LogP contribution in [-0.2, 0) is 34.7 Å². The fourth-order valence-corrected chi connectivity index (χ4v) is 8.19. The zero-order valence-corrected chi connectivity index (χ0v) is 30.9. The van der Waals surface area contributed by atoms with Crippen molar-refractivity contribution in [3.63, 3.8) is 0 Å². The van der Waals surface area contributed by atoms with Gasteiger partial charge in [-0.25, -0.2) is 9.59 Å². The molecule has 1 aliphatic heterocycles. The van der Waals surface area contributed by atoms with Gasteiger partial charge in [-0.15, -0.1) is 23.4 Å². The summed E-state index contributed by atoms with van der Waals surface area (Å²) in [5.74, 6) is 0.777. The summed E-state index contributed by atoms with van der Waals surface area (Å²) in [4.78, 5) is 27.5. The van der Waals surface area contributed by atoms with E-state index in [-0.39, 0.29) is 29.3 Å². The number of benzene rings is 1. The van der Waals surface area contributed by atoms with E-state index in [1.54, 1.807) is 41.5 Å². The minimum absolute atomic E-state index is 0.0345. The van der Waals surface area contributed by atoms with Gasteiger partial charge in [-0.05, 0) is 110 Å². The molecule has 2 bridgehead atoms. The van der Waals surface area contributed by atoms with Crippen molar-refractivity contribution in [2.75, 3.05) is 19.0 Å². The van der Waals surface area contributed by atoms with E-state index < -0.39 is 47.6 Å². The molecule has 0 spiro atoms. The summed E-state index contributed by atoms with van der Waals surface area (Å²) in [7, 11) is -0.668. The predicted octanol–water partition coefficient (Wildman–Crippen LogP) is 7.86. The number of alkyl halides is 1. The number of rotatable bonds is 12. The molecule has 1 heterocycles. The number of hydrogen-bond acceptors (Lipinski definition) is 10. The Kier molecular flexibility index (Phi) is 11.5. The van der Waals surface area contributed by atoms with Crippen LogP contribution in [0.25, 0.3) is 0 Å². The fraction of sp³-hybridized carbons (Fsp3) is 0.765. The summed E-state index contributed by atoms with van der Waals surface area (Å²) in [5.41, 5.74) is -1.23. The van der Waals surface area contributed by atoms with E-state index in [9.17, 15) is 9.59 Å². The number of carbonyl (C=O) groups excluding carboxylic acids is 2. The highest BCUT2D eigenvalue weighted by Crippen LogP contribution is 2.66. The van der Waals surface area contributed by atoms with Crippen LogP contribution in [0.4, 0.5) is 4.79 Å². The molecule has 9 nitrogen and oxygen atoms in total. The zero-order chi connectivity index (χ0) is 34.2. The van der Waals surface area contributed by atoms with E-state index in [1.165, 1.54) is 11.8 Å². The second-order valence-corrected chi connectivity index (χ2v) is 16.8. The molecular formula is C34H52BClO9S. The summed E-state index contributed by atoms with van der Waals surface area (Å²) in [5, 5.41) is -0.631. The quantitative estimate of drug-likeness (QED) is 0.0541. The zero-order valence-electron chi connectivity index (χ0n) is 29.3. The third-order valence-electron chi connectivity index (χ3n) is 9.14. The Bertz CT molecular complexity index is 1260. The molecule has 4 fully saturated rings. The van der Waals surface area contributed by atoms with Crippen molar-refractivity contribution in [1.82, 2.24) is 0 Å². The number of carbonyl (C=O) groups is 2. The molecule has 1 aromatic rings. The van der Waals surface area contributed by atoms with E-state index in [4.69, 9.17) is 44.6 Å². The molecule has 0 N–H and O–H groups in total. The van der Waals surface area contributed by atoms with Gasteiger partial charge >= 0.3 is 19.2 Å². The van der Waals surface area contributed by atoms with Crippen LogP contribution >= 0.6 is 23.4 Å². The number of thioether (sulfide) groups is 1. The van der Waals surface area contributed by atoms with Crippen LogP contribution in [0.15, 0.2) is 17.0 Å². The van der Waals surface area contributed by atoms with Crippen molar-refractivity contribution in [2.24, 2.45) is 17.3 Å². The molecule has 4 aliphatic rings. The first kappa shape index (κ1) is 37.3. The monoisotopic (exact) mass is 682 g/mol. The molecule has 258 valence electrons. The lowest BCUT2D eigenvalue weighted by atomic mass is 9.43. The largest absolute Gasteiger partial charge is 0.514 e. The van der Waals surface area contributed by atoms with Crippen LogP contribution < -0.4 is 4.74 Å². The first-order valence-corrected chi connectivity index (χ1v) is 17.8. The highest BCUT2D eigenvalue weighted by Gasteiger charge is 2.68. The van der Waals surface area contributed by atoms with Gasteiger partial charge in [-0.1, -0.05) is 19.9 Å². The van der Waals surface area contributed by atoms with Crippen LogP contribution in [0.3, 0.4) is 0 Å². The van der Waals surface area contributed by atoms with Gasteiger partial charge in [0.15, 0.2) is 12.0 Å². The molecule has 3 aliphatic carbocycles. The molecule has 0 radical (unpaired) electrons. The first-order valence-electron chi connectivity index (χ1n) is 16.4. The second-order valence-electron chi connectivity index (χ2n) is 15.2. The van der Waals surface area contributed by atoms with E-state index in [0.717, 1.165) is 12.8 Å². The van der Waals surface area contributed by atoms with Crippen LogP contribution in [0.1, 0.15) is 105 Å². The van der Waals surface area contributed by atoms with Crippen molar-refractivity contribution < 1.29 is 42.6 Å². The smallest absolute Gasteiger partial charge is 0.456 e. The summed E-state index contributed by atoms with van der Waals surface area (Å²) in [6.45, 7) is 22.1. The van der Waals surface area contributed by atoms with E-state index in [0.29, 0.717) is 41.3 Å². The SMILES string of the molecule is CCOC(CSc1ccc(C[C@@H](Cl)B2O[C@@H]3C[C@@H]4C[C@@H](C4(C)C)[C@]3(C)O2)c(OC(=O)OC(C)(C)C)c1C(=O)OC(C)(C)C)OCC. The molecular weight excluding hydrogens is 631 g/mol. The standard InChI is InChI=1S/C34H52BClO9S/c1-12-39-26(40-13-2)19-46-22-15-14-20(28(41-30(38)43-32(6,7)8)27(22)29(37)42-31(3,4)5)16-25(36)35-44-24-18-21-17-23(33(21,9)10)34(24,11)45-35/h14-15,21,23-26H,12-13,16-19H2,1-11H3/t21-,23-,24+,25+,34-/m0/s1. The number of halogens is 1. The molecule has 1 aromatic carbocycles. The molecule has 5 rings (SSSR count). The maximum Gasteiger partial charge on any atom is 0.514 e. The molecule has 3 saturated carbocycles. The molecule has 5 atom stereocenters. The Labute approximate surface area is 284 Å². The molecule has 0 amide bonds. The highest BCUT2D eigenvalue weighted by atomic mass is 35.5. The topological polar surface area (TPSA) is 98.8 Å². The second kappa shape index (κ2) is 14.2. The van der Waals surface area contributed by atoms with Crippen molar-refractivity contribution in [1.29, 1.82) is 0 Å². The van der Waals surface area contributed by atoms with Crippen molar-refractivity contribution in [2.45, 2.75) is 135 Å². The fourth-order valence-electron chi connectivity index (χ4n) is 6.92. The highest BCUT2D eigenvalue weighted by molar-refractivity contribution is 7.99. The molecule has 1 saturated heterocycles. The Morgan fingerprint density at radius 1 is 1.02 bits per heavy atom. The average Bonchev–Trinajstić information content (AvgIpc) is 3.28. The van der Waals surface area contributed by atoms with Gasteiger partial charge < -0.3 is 33.0 Å². The average molecular weight is 683 g/mol. The van der Waals surface area contributed by atoms with Gasteiger partial charge in [0.25, 0.3) is 0 Å². The van der Waals surface area contributed by atoms with Crippen LogP contribution in [0.5, 0.6) is 5.75 Å². The van der Waals surface area contributed by atoms with Gasteiger partial charge in [0.2, 0.25) is 0 Å². The maximum atomic E-state index is 13.9. The van der Waals surface area contributed by atoms with Gasteiger partial charge in [0, 0.05) is 23.9 Å². The Morgan fingerprint density at radius 3 is 2.22 bits per heavy atom. The Hall–Kier alpha value is -1.50. The van der Waals surface area contributed by atoms with Gasteiger partial charge in [0.1, 0.15) is 16.8 Å². The summed E-state index contributed by atoms with van der Waals surface area (Å²) >= 11 is 8.42. The normalized spacial score (nSPS) is 25.9. The first-order chi connectivity index (χ1) is 21.3. The molecule has 46 heavy (non-hydrogen) atoms. The molecule has 0 aromatic heterocycles. The summed E-state index contributed by atoms with van der Waals surface area (Å²) in [6.07, 6.45) is 0.794. The minimum Gasteiger partial charge on any atom is -0.456 e. The van der Waals surface area contributed by atoms with Crippen molar-refractivity contribution in [3.05, 3.63) is 23.3 Å². The van der Waals surface area contributed by atoms with Gasteiger partial charge in [-0.2, -0.15) is 0 Å². The maximum absolute atomic E-state index is 13.9. The lowest BCUT2D eigenvalue weighted by Crippen LogP contribution is -2.65. The Morgan fingerprint density at radius 2 is 1.65 bits per heavy atom. The van der Waals surface area contributed by atoms with Gasteiger partial charge in [0.05, 0.1) is 17.0 Å². The number of esters is 1. The lowest BCUT2D eigenvalue weighted by Gasteiger charge is -2.64. The molecule has 12 heteroatoms. The van der Waals surface area contributed by atoms with Crippen LogP contribution in [0, 0.1) is 17.3 Å². The third kappa shape index (κ3) is 8.37.